The normalized spacial score (nSPS) is 11.8. The molecular formula is C24H23N. The fraction of sp³-hybridized carbons (Fsp3) is 0.167. The van der Waals surface area contributed by atoms with Crippen molar-refractivity contribution in [1.82, 2.24) is 0 Å². The van der Waals surface area contributed by atoms with Crippen LogP contribution in [0.1, 0.15) is 26.3 Å². The first kappa shape index (κ1) is 15.7. The van der Waals surface area contributed by atoms with E-state index in [1.54, 1.807) is 0 Å². The van der Waals surface area contributed by atoms with Crippen LogP contribution in [0.5, 0.6) is 0 Å². The topological polar surface area (TPSA) is 12.0 Å². The molecule has 0 aliphatic carbocycles. The second kappa shape index (κ2) is 5.93. The van der Waals surface area contributed by atoms with Gasteiger partial charge in [-0.25, -0.2) is 0 Å². The minimum Gasteiger partial charge on any atom is -0.356 e. The Morgan fingerprint density at radius 2 is 1.24 bits per heavy atom. The zero-order chi connectivity index (χ0) is 17.4. The van der Waals surface area contributed by atoms with Crippen molar-refractivity contribution in [2.75, 3.05) is 5.32 Å². The lowest BCUT2D eigenvalue weighted by Gasteiger charge is -2.19. The summed E-state index contributed by atoms with van der Waals surface area (Å²) in [5.41, 5.74) is 3.77. The summed E-state index contributed by atoms with van der Waals surface area (Å²) in [6, 6.07) is 28.3. The molecular weight excluding hydrogens is 302 g/mol. The molecule has 0 saturated heterocycles. The molecule has 4 aromatic carbocycles. The van der Waals surface area contributed by atoms with Crippen molar-refractivity contribution in [2.45, 2.75) is 26.2 Å². The molecule has 0 heterocycles. The van der Waals surface area contributed by atoms with Crippen LogP contribution in [-0.4, -0.2) is 0 Å². The number of anilines is 2. The number of hydrogen-bond donors (Lipinski definition) is 1. The van der Waals surface area contributed by atoms with Crippen molar-refractivity contribution in [3.05, 3.63) is 84.4 Å². The first-order valence-corrected chi connectivity index (χ1v) is 8.80. The monoisotopic (exact) mass is 325 g/mol. The summed E-state index contributed by atoms with van der Waals surface area (Å²) in [4.78, 5) is 0. The van der Waals surface area contributed by atoms with Crippen molar-refractivity contribution < 1.29 is 0 Å². The fourth-order valence-electron chi connectivity index (χ4n) is 3.31. The second-order valence-corrected chi connectivity index (χ2v) is 7.67. The van der Waals surface area contributed by atoms with Gasteiger partial charge in [-0.05, 0) is 56.8 Å². The Hall–Kier alpha value is -2.80. The molecule has 0 aliphatic heterocycles. The van der Waals surface area contributed by atoms with Crippen LogP contribution in [-0.2, 0) is 5.41 Å². The summed E-state index contributed by atoms with van der Waals surface area (Å²) in [6.07, 6.45) is 0. The van der Waals surface area contributed by atoms with Crippen LogP contribution in [0.25, 0.3) is 21.5 Å². The lowest BCUT2D eigenvalue weighted by molar-refractivity contribution is 0.590. The molecule has 0 fully saturated rings. The van der Waals surface area contributed by atoms with Crippen LogP contribution in [0, 0.1) is 0 Å². The molecule has 1 nitrogen and oxygen atoms in total. The third-order valence-electron chi connectivity index (χ3n) is 4.78. The van der Waals surface area contributed by atoms with Gasteiger partial charge in [0.25, 0.3) is 0 Å². The summed E-state index contributed by atoms with van der Waals surface area (Å²) in [6.45, 7) is 6.72. The van der Waals surface area contributed by atoms with E-state index in [0.717, 1.165) is 11.4 Å². The zero-order valence-corrected chi connectivity index (χ0v) is 15.0. The van der Waals surface area contributed by atoms with Gasteiger partial charge < -0.3 is 5.32 Å². The lowest BCUT2D eigenvalue weighted by atomic mass is 9.87. The molecule has 1 N–H and O–H groups in total. The van der Waals surface area contributed by atoms with E-state index >= 15 is 0 Å². The summed E-state index contributed by atoms with van der Waals surface area (Å²) in [5, 5.41) is 8.67. The maximum atomic E-state index is 3.52. The van der Waals surface area contributed by atoms with Crippen LogP contribution in [0.3, 0.4) is 0 Å². The van der Waals surface area contributed by atoms with Gasteiger partial charge in [-0.2, -0.15) is 0 Å². The summed E-state index contributed by atoms with van der Waals surface area (Å²) in [7, 11) is 0. The van der Waals surface area contributed by atoms with Crippen LogP contribution in [0.4, 0.5) is 11.4 Å². The Morgan fingerprint density at radius 1 is 0.600 bits per heavy atom. The molecule has 0 aromatic heterocycles. The Kier molecular flexibility index (Phi) is 3.73. The van der Waals surface area contributed by atoms with Crippen molar-refractivity contribution in [3.8, 4) is 0 Å². The van der Waals surface area contributed by atoms with E-state index in [4.69, 9.17) is 0 Å². The molecule has 1 heteroatoms. The van der Waals surface area contributed by atoms with Crippen LogP contribution in [0.2, 0.25) is 0 Å². The smallest absolute Gasteiger partial charge is 0.0390 e. The average molecular weight is 325 g/mol. The Balaban J connectivity index is 1.67. The van der Waals surface area contributed by atoms with E-state index < -0.39 is 0 Å². The highest BCUT2D eigenvalue weighted by atomic mass is 14.9. The first-order chi connectivity index (χ1) is 12.0. The van der Waals surface area contributed by atoms with Crippen molar-refractivity contribution in [3.63, 3.8) is 0 Å². The van der Waals surface area contributed by atoms with E-state index in [1.807, 2.05) is 0 Å². The number of hydrogen-bond acceptors (Lipinski definition) is 1. The van der Waals surface area contributed by atoms with Gasteiger partial charge in [0.1, 0.15) is 0 Å². The molecule has 0 saturated carbocycles. The minimum atomic E-state index is 0.183. The third-order valence-corrected chi connectivity index (χ3v) is 4.78. The van der Waals surface area contributed by atoms with Crippen molar-refractivity contribution in [2.24, 2.45) is 0 Å². The van der Waals surface area contributed by atoms with Crippen LogP contribution >= 0.6 is 0 Å². The highest BCUT2D eigenvalue weighted by molar-refractivity contribution is 6.08. The first-order valence-electron chi connectivity index (χ1n) is 8.80. The Bertz CT molecular complexity index is 1040. The van der Waals surface area contributed by atoms with Gasteiger partial charge in [-0.15, -0.1) is 0 Å². The molecule has 0 bridgehead atoms. The summed E-state index contributed by atoms with van der Waals surface area (Å²) in [5.74, 6) is 0. The molecule has 0 unspecified atom stereocenters. The molecule has 124 valence electrons. The summed E-state index contributed by atoms with van der Waals surface area (Å²) < 4.78 is 0. The molecule has 4 rings (SSSR count). The quantitative estimate of drug-likeness (QED) is 0.390. The van der Waals surface area contributed by atoms with E-state index in [0.29, 0.717) is 0 Å². The maximum Gasteiger partial charge on any atom is 0.0390 e. The third kappa shape index (κ3) is 3.10. The molecule has 25 heavy (non-hydrogen) atoms. The number of fused-ring (bicyclic) bond motifs is 3. The fourth-order valence-corrected chi connectivity index (χ4v) is 3.31. The molecule has 4 aromatic rings. The largest absolute Gasteiger partial charge is 0.356 e. The van der Waals surface area contributed by atoms with Crippen LogP contribution in [0.15, 0.2) is 78.9 Å². The van der Waals surface area contributed by atoms with E-state index in [-0.39, 0.29) is 5.41 Å². The van der Waals surface area contributed by atoms with Crippen LogP contribution < -0.4 is 5.32 Å². The van der Waals surface area contributed by atoms with E-state index in [1.165, 1.54) is 27.1 Å². The Morgan fingerprint density at radius 3 is 2.00 bits per heavy atom. The average Bonchev–Trinajstić information content (AvgIpc) is 2.61. The van der Waals surface area contributed by atoms with Gasteiger partial charge in [-0.3, -0.25) is 0 Å². The highest BCUT2D eigenvalue weighted by Crippen LogP contribution is 2.29. The van der Waals surface area contributed by atoms with Crippen molar-refractivity contribution >= 4 is 32.9 Å². The van der Waals surface area contributed by atoms with E-state index in [9.17, 15) is 0 Å². The minimum absolute atomic E-state index is 0.183. The zero-order valence-electron chi connectivity index (χ0n) is 15.0. The number of benzene rings is 4. The van der Waals surface area contributed by atoms with Crippen molar-refractivity contribution in [1.29, 1.82) is 0 Å². The summed E-state index contributed by atoms with van der Waals surface area (Å²) >= 11 is 0. The number of rotatable bonds is 2. The second-order valence-electron chi connectivity index (χ2n) is 7.67. The Labute approximate surface area is 149 Å². The van der Waals surface area contributed by atoms with Gasteiger partial charge in [0, 0.05) is 11.4 Å². The molecule has 0 aliphatic rings. The predicted octanol–water partition coefficient (Wildman–Crippen LogP) is 7.03. The molecule has 0 atom stereocenters. The predicted molar refractivity (Wildman–Crippen MR) is 110 cm³/mol. The maximum absolute atomic E-state index is 3.52. The molecule has 0 spiro atoms. The van der Waals surface area contributed by atoms with Gasteiger partial charge >= 0.3 is 0 Å². The number of nitrogens with one attached hydrogen (secondary N) is 1. The molecule has 0 amide bonds. The SMILES string of the molecule is CC(C)(C)c1ccc(Nc2ccc3c(ccc4ccccc43)c2)cc1. The van der Waals surface area contributed by atoms with Gasteiger partial charge in [-0.1, -0.05) is 75.4 Å². The van der Waals surface area contributed by atoms with Gasteiger partial charge in [0.05, 0.1) is 0 Å². The standard InChI is InChI=1S/C24H23N/c1-24(2,3)19-10-12-20(13-11-19)25-21-14-15-23-18(16-21)9-8-17-6-4-5-7-22(17)23/h4-16,25H,1-3H3. The van der Waals surface area contributed by atoms with E-state index in [2.05, 4.69) is 105 Å². The molecule has 0 radical (unpaired) electrons. The highest BCUT2D eigenvalue weighted by Gasteiger charge is 2.12. The van der Waals surface area contributed by atoms with Gasteiger partial charge in [0.2, 0.25) is 0 Å². The van der Waals surface area contributed by atoms with Gasteiger partial charge in [0.15, 0.2) is 0 Å². The lowest BCUT2D eigenvalue weighted by Crippen LogP contribution is -2.10.